The van der Waals surface area contributed by atoms with Crippen molar-refractivity contribution in [3.8, 4) is 5.69 Å². The van der Waals surface area contributed by atoms with E-state index in [9.17, 15) is 9.59 Å². The van der Waals surface area contributed by atoms with E-state index in [0.717, 1.165) is 5.69 Å². The number of aryl methyl sites for hydroxylation is 1. The van der Waals surface area contributed by atoms with Crippen molar-refractivity contribution in [2.45, 2.75) is 0 Å². The zero-order valence-corrected chi connectivity index (χ0v) is 9.62. The Morgan fingerprint density at radius 1 is 1.17 bits per heavy atom. The number of nitrogens with one attached hydrogen (secondary N) is 1. The fourth-order valence-electron chi connectivity index (χ4n) is 1.92. The number of aromatic nitrogens is 4. The summed E-state index contributed by atoms with van der Waals surface area (Å²) < 4.78 is 2.98. The van der Waals surface area contributed by atoms with Crippen molar-refractivity contribution in [1.29, 1.82) is 0 Å². The molecular formula is C12H10N4O2. The van der Waals surface area contributed by atoms with Crippen LogP contribution >= 0.6 is 0 Å². The van der Waals surface area contributed by atoms with Gasteiger partial charge in [-0.25, -0.2) is 9.78 Å². The maximum absolute atomic E-state index is 11.9. The topological polar surface area (TPSA) is 72.7 Å². The lowest BCUT2D eigenvalue weighted by atomic mass is 10.3. The third-order valence-corrected chi connectivity index (χ3v) is 2.84. The average molecular weight is 242 g/mol. The molecule has 18 heavy (non-hydrogen) atoms. The lowest BCUT2D eigenvalue weighted by molar-refractivity contribution is 0.831. The van der Waals surface area contributed by atoms with Gasteiger partial charge in [-0.05, 0) is 12.1 Å². The van der Waals surface area contributed by atoms with Gasteiger partial charge in [-0.15, -0.1) is 0 Å². The first-order valence-corrected chi connectivity index (χ1v) is 5.40. The van der Waals surface area contributed by atoms with Gasteiger partial charge in [-0.1, -0.05) is 18.2 Å². The Bertz CT molecular complexity index is 827. The molecule has 0 aliphatic carbocycles. The molecule has 3 rings (SSSR count). The van der Waals surface area contributed by atoms with Gasteiger partial charge >= 0.3 is 5.69 Å². The van der Waals surface area contributed by atoms with E-state index in [2.05, 4.69) is 9.97 Å². The van der Waals surface area contributed by atoms with Crippen molar-refractivity contribution in [3.63, 3.8) is 0 Å². The monoisotopic (exact) mass is 242 g/mol. The normalized spacial score (nSPS) is 10.9. The van der Waals surface area contributed by atoms with Crippen molar-refractivity contribution in [2.75, 3.05) is 0 Å². The van der Waals surface area contributed by atoms with E-state index in [1.54, 1.807) is 11.6 Å². The Labute approximate surface area is 101 Å². The van der Waals surface area contributed by atoms with Crippen LogP contribution in [-0.2, 0) is 7.05 Å². The lowest BCUT2D eigenvalue weighted by Crippen LogP contribution is -2.29. The van der Waals surface area contributed by atoms with Crippen LogP contribution in [0.4, 0.5) is 0 Å². The number of benzene rings is 1. The second-order valence-corrected chi connectivity index (χ2v) is 3.94. The van der Waals surface area contributed by atoms with E-state index in [0.29, 0.717) is 11.2 Å². The van der Waals surface area contributed by atoms with Crippen LogP contribution in [0.25, 0.3) is 16.9 Å². The lowest BCUT2D eigenvalue weighted by Gasteiger charge is -2.03. The minimum absolute atomic E-state index is 0.364. The number of aromatic amines is 1. The molecule has 0 saturated heterocycles. The fourth-order valence-corrected chi connectivity index (χ4v) is 1.92. The van der Waals surface area contributed by atoms with E-state index in [1.165, 1.54) is 10.9 Å². The first kappa shape index (κ1) is 10.5. The third-order valence-electron chi connectivity index (χ3n) is 2.84. The predicted molar refractivity (Wildman–Crippen MR) is 66.9 cm³/mol. The highest BCUT2D eigenvalue weighted by atomic mass is 16.2. The molecule has 6 heteroatoms. The first-order valence-electron chi connectivity index (χ1n) is 5.40. The highest BCUT2D eigenvalue weighted by molar-refractivity contribution is 5.72. The maximum atomic E-state index is 11.9. The first-order chi connectivity index (χ1) is 8.68. The van der Waals surface area contributed by atoms with Crippen LogP contribution < -0.4 is 11.2 Å². The summed E-state index contributed by atoms with van der Waals surface area (Å²) in [6.45, 7) is 0. The van der Waals surface area contributed by atoms with Crippen molar-refractivity contribution < 1.29 is 0 Å². The molecule has 0 fully saturated rings. The summed E-state index contributed by atoms with van der Waals surface area (Å²) in [5.41, 5.74) is 0.653. The van der Waals surface area contributed by atoms with Gasteiger partial charge < -0.3 is 0 Å². The molecule has 0 unspecified atom stereocenters. The van der Waals surface area contributed by atoms with E-state index < -0.39 is 11.2 Å². The Morgan fingerprint density at radius 3 is 2.61 bits per heavy atom. The molecule has 1 N–H and O–H groups in total. The van der Waals surface area contributed by atoms with Gasteiger partial charge in [-0.3, -0.25) is 18.9 Å². The van der Waals surface area contributed by atoms with Gasteiger partial charge in [0.25, 0.3) is 5.56 Å². The zero-order valence-electron chi connectivity index (χ0n) is 9.62. The Kier molecular flexibility index (Phi) is 2.16. The molecule has 0 spiro atoms. The van der Waals surface area contributed by atoms with E-state index >= 15 is 0 Å². The number of imidazole rings is 1. The number of para-hydroxylation sites is 1. The molecule has 2 aromatic heterocycles. The molecule has 3 aromatic rings. The van der Waals surface area contributed by atoms with E-state index in [-0.39, 0.29) is 0 Å². The summed E-state index contributed by atoms with van der Waals surface area (Å²) in [5, 5.41) is 0. The fraction of sp³-hybridized carbons (Fsp3) is 0.0833. The van der Waals surface area contributed by atoms with Gasteiger partial charge in [0.2, 0.25) is 0 Å². The second kappa shape index (κ2) is 3.69. The summed E-state index contributed by atoms with van der Waals surface area (Å²) in [4.78, 5) is 29.7. The molecule has 0 aliphatic heterocycles. The van der Waals surface area contributed by atoms with E-state index in [1.807, 2.05) is 30.3 Å². The molecule has 0 radical (unpaired) electrons. The van der Waals surface area contributed by atoms with Gasteiger partial charge in [0.1, 0.15) is 6.33 Å². The zero-order chi connectivity index (χ0) is 12.7. The second-order valence-electron chi connectivity index (χ2n) is 3.94. The largest absolute Gasteiger partial charge is 0.329 e. The van der Waals surface area contributed by atoms with Crippen LogP contribution in [-0.4, -0.2) is 19.1 Å². The van der Waals surface area contributed by atoms with Crippen molar-refractivity contribution in [1.82, 2.24) is 19.1 Å². The molecule has 6 nitrogen and oxygen atoms in total. The molecule has 2 heterocycles. The Hall–Kier alpha value is -2.63. The van der Waals surface area contributed by atoms with Crippen LogP contribution in [0.1, 0.15) is 0 Å². The molecule has 0 amide bonds. The molecular weight excluding hydrogens is 232 g/mol. The van der Waals surface area contributed by atoms with Gasteiger partial charge in [0, 0.05) is 12.7 Å². The molecule has 0 saturated carbocycles. The quantitative estimate of drug-likeness (QED) is 0.671. The van der Waals surface area contributed by atoms with Crippen molar-refractivity contribution in [2.24, 2.45) is 7.05 Å². The predicted octanol–water partition coefficient (Wildman–Crippen LogP) is 0.412. The summed E-state index contributed by atoms with van der Waals surface area (Å²) in [7, 11) is 1.57. The third kappa shape index (κ3) is 1.39. The molecule has 0 atom stereocenters. The summed E-state index contributed by atoms with van der Waals surface area (Å²) in [5.74, 6) is 0. The highest BCUT2D eigenvalue weighted by Gasteiger charge is 2.11. The van der Waals surface area contributed by atoms with Gasteiger partial charge in [0.05, 0.1) is 0 Å². The van der Waals surface area contributed by atoms with E-state index in [4.69, 9.17) is 0 Å². The van der Waals surface area contributed by atoms with Crippen molar-refractivity contribution in [3.05, 3.63) is 57.5 Å². The number of rotatable bonds is 1. The number of hydrogen-bond donors (Lipinski definition) is 1. The van der Waals surface area contributed by atoms with Crippen LogP contribution in [0.5, 0.6) is 0 Å². The number of nitrogens with zero attached hydrogens (tertiary/aromatic N) is 3. The number of hydrogen-bond acceptors (Lipinski definition) is 3. The van der Waals surface area contributed by atoms with Crippen LogP contribution in [0.15, 0.2) is 46.2 Å². The summed E-state index contributed by atoms with van der Waals surface area (Å²) >= 11 is 0. The molecule has 0 aliphatic rings. The summed E-state index contributed by atoms with van der Waals surface area (Å²) in [6, 6.07) is 9.37. The Morgan fingerprint density at radius 2 is 1.89 bits per heavy atom. The highest BCUT2D eigenvalue weighted by Crippen LogP contribution is 2.12. The summed E-state index contributed by atoms with van der Waals surface area (Å²) in [6.07, 6.45) is 1.54. The number of H-pyrrole nitrogens is 1. The molecule has 0 bridgehead atoms. The minimum atomic E-state index is -0.467. The molecule has 90 valence electrons. The smallest absolute Gasteiger partial charge is 0.293 e. The maximum Gasteiger partial charge on any atom is 0.329 e. The van der Waals surface area contributed by atoms with Gasteiger partial charge in [-0.2, -0.15) is 0 Å². The standard InChI is InChI=1S/C12H10N4O2/c1-15-10-9(11(17)14-12(15)18)16(7-13-10)8-5-3-2-4-6-8/h2-7H,1H3,(H,14,17,18). The van der Waals surface area contributed by atoms with Crippen LogP contribution in [0, 0.1) is 0 Å². The minimum Gasteiger partial charge on any atom is -0.293 e. The van der Waals surface area contributed by atoms with Crippen LogP contribution in [0.2, 0.25) is 0 Å². The average Bonchev–Trinajstić information content (AvgIpc) is 2.82. The number of fused-ring (bicyclic) bond motifs is 1. The SMILES string of the molecule is Cn1c(=O)[nH]c(=O)c2c1ncn2-c1ccccc1. The van der Waals surface area contributed by atoms with Gasteiger partial charge in [0.15, 0.2) is 11.2 Å². The molecule has 1 aromatic carbocycles. The van der Waals surface area contributed by atoms with Crippen LogP contribution in [0.3, 0.4) is 0 Å². The van der Waals surface area contributed by atoms with Crippen molar-refractivity contribution >= 4 is 11.2 Å². The Balaban J connectivity index is 2.45.